The zero-order valence-corrected chi connectivity index (χ0v) is 12.2. The van der Waals surface area contributed by atoms with Crippen LogP contribution in [-0.4, -0.2) is 18.5 Å². The van der Waals surface area contributed by atoms with Gasteiger partial charge in [-0.1, -0.05) is 24.3 Å². The highest BCUT2D eigenvalue weighted by Gasteiger charge is 2.29. The van der Waals surface area contributed by atoms with Crippen molar-refractivity contribution >= 4 is 22.9 Å². The van der Waals surface area contributed by atoms with Gasteiger partial charge in [-0.25, -0.2) is 0 Å². The van der Waals surface area contributed by atoms with Crippen LogP contribution in [-0.2, 0) is 4.79 Å². The van der Waals surface area contributed by atoms with E-state index in [2.05, 4.69) is 35.1 Å². The number of anilines is 1. The van der Waals surface area contributed by atoms with Crippen LogP contribution >= 0.6 is 11.3 Å². The molecule has 20 heavy (non-hydrogen) atoms. The zero-order chi connectivity index (χ0) is 13.9. The molecule has 3 rings (SSSR count). The Balaban J connectivity index is 1.83. The second-order valence-electron chi connectivity index (χ2n) is 5.15. The summed E-state index contributed by atoms with van der Waals surface area (Å²) in [6.07, 6.45) is 0.911. The highest BCUT2D eigenvalue weighted by molar-refractivity contribution is 7.13. The average Bonchev–Trinajstić information content (AvgIpc) is 3.10. The molecule has 0 spiro atoms. The molecule has 1 saturated heterocycles. The smallest absolute Gasteiger partial charge is 0.229 e. The quantitative estimate of drug-likeness (QED) is 0.908. The molecular weight excluding hydrogens is 268 g/mol. The summed E-state index contributed by atoms with van der Waals surface area (Å²) >= 11 is 1.69. The van der Waals surface area contributed by atoms with Crippen LogP contribution in [0, 0.1) is 5.92 Å². The molecule has 1 aliphatic heterocycles. The maximum Gasteiger partial charge on any atom is 0.229 e. The van der Waals surface area contributed by atoms with Crippen LogP contribution in [0.3, 0.4) is 0 Å². The van der Waals surface area contributed by atoms with Crippen LogP contribution < -0.4 is 10.6 Å². The molecule has 1 fully saturated rings. The third-order valence-corrected chi connectivity index (χ3v) is 4.74. The van der Waals surface area contributed by atoms with E-state index in [9.17, 15) is 4.79 Å². The van der Waals surface area contributed by atoms with E-state index in [1.54, 1.807) is 11.3 Å². The second-order valence-corrected chi connectivity index (χ2v) is 6.10. The van der Waals surface area contributed by atoms with Crippen molar-refractivity contribution in [3.8, 4) is 10.4 Å². The average molecular weight is 286 g/mol. The van der Waals surface area contributed by atoms with E-state index >= 15 is 0 Å². The van der Waals surface area contributed by atoms with E-state index in [1.165, 1.54) is 4.88 Å². The van der Waals surface area contributed by atoms with Gasteiger partial charge in [0, 0.05) is 22.2 Å². The Morgan fingerprint density at radius 3 is 2.85 bits per heavy atom. The third kappa shape index (κ3) is 2.62. The Bertz CT molecular complexity index is 594. The lowest BCUT2D eigenvalue weighted by atomic mass is 10.0. The summed E-state index contributed by atoms with van der Waals surface area (Å²) in [5.41, 5.74) is 1.99. The molecule has 1 amide bonds. The number of para-hydroxylation sites is 1. The van der Waals surface area contributed by atoms with Gasteiger partial charge in [0.15, 0.2) is 0 Å². The minimum absolute atomic E-state index is 0.0615. The summed E-state index contributed by atoms with van der Waals surface area (Å²) in [6, 6.07) is 12.4. The zero-order valence-electron chi connectivity index (χ0n) is 11.4. The van der Waals surface area contributed by atoms with E-state index in [4.69, 9.17) is 0 Å². The molecule has 4 heteroatoms. The molecule has 3 nitrogen and oxygen atoms in total. The lowest BCUT2D eigenvalue weighted by molar-refractivity contribution is -0.119. The van der Waals surface area contributed by atoms with Gasteiger partial charge in [-0.15, -0.1) is 11.3 Å². The lowest BCUT2D eigenvalue weighted by Gasteiger charge is -2.16. The molecule has 0 saturated carbocycles. The van der Waals surface area contributed by atoms with Gasteiger partial charge >= 0.3 is 0 Å². The van der Waals surface area contributed by atoms with Gasteiger partial charge in [-0.3, -0.25) is 4.79 Å². The van der Waals surface area contributed by atoms with Crippen LogP contribution in [0.1, 0.15) is 13.3 Å². The Morgan fingerprint density at radius 2 is 2.15 bits per heavy atom. The second kappa shape index (κ2) is 5.77. The fourth-order valence-corrected chi connectivity index (χ4v) is 3.45. The van der Waals surface area contributed by atoms with Gasteiger partial charge in [0.05, 0.1) is 5.92 Å². The molecule has 0 bridgehead atoms. The first-order chi connectivity index (χ1) is 9.75. The fourth-order valence-electron chi connectivity index (χ4n) is 2.68. The van der Waals surface area contributed by atoms with Crippen LogP contribution in [0.4, 0.5) is 5.69 Å². The van der Waals surface area contributed by atoms with E-state index < -0.39 is 0 Å². The molecular formula is C16H18N2OS. The van der Waals surface area contributed by atoms with Crippen molar-refractivity contribution in [1.29, 1.82) is 0 Å². The van der Waals surface area contributed by atoms with Gasteiger partial charge < -0.3 is 10.6 Å². The van der Waals surface area contributed by atoms with Gasteiger partial charge in [0.2, 0.25) is 5.91 Å². The van der Waals surface area contributed by atoms with Crippen LogP contribution in [0.5, 0.6) is 0 Å². The predicted octanol–water partition coefficient (Wildman–Crippen LogP) is 3.35. The minimum Gasteiger partial charge on any atom is -0.325 e. The molecule has 0 aliphatic carbocycles. The molecule has 0 radical (unpaired) electrons. The molecule has 2 unspecified atom stereocenters. The van der Waals surface area contributed by atoms with Crippen molar-refractivity contribution in [3.63, 3.8) is 0 Å². The van der Waals surface area contributed by atoms with Crippen LogP contribution in [0.25, 0.3) is 10.4 Å². The van der Waals surface area contributed by atoms with Crippen molar-refractivity contribution < 1.29 is 4.79 Å². The topological polar surface area (TPSA) is 41.1 Å². The summed E-state index contributed by atoms with van der Waals surface area (Å²) in [5.74, 6) is 0.179. The van der Waals surface area contributed by atoms with Gasteiger partial charge in [0.25, 0.3) is 0 Å². The molecule has 2 N–H and O–H groups in total. The van der Waals surface area contributed by atoms with E-state index in [0.29, 0.717) is 0 Å². The third-order valence-electron chi connectivity index (χ3n) is 3.83. The van der Waals surface area contributed by atoms with Crippen molar-refractivity contribution in [2.24, 2.45) is 5.92 Å². The monoisotopic (exact) mass is 286 g/mol. The highest BCUT2D eigenvalue weighted by Crippen LogP contribution is 2.32. The van der Waals surface area contributed by atoms with Crippen molar-refractivity contribution in [1.82, 2.24) is 5.32 Å². The summed E-state index contributed by atoms with van der Waals surface area (Å²) in [6.45, 7) is 2.99. The maximum absolute atomic E-state index is 12.4. The van der Waals surface area contributed by atoms with Crippen LogP contribution in [0.2, 0.25) is 0 Å². The van der Waals surface area contributed by atoms with Crippen LogP contribution in [0.15, 0.2) is 41.8 Å². The maximum atomic E-state index is 12.4. The van der Waals surface area contributed by atoms with Gasteiger partial charge in [0.1, 0.15) is 0 Å². The Labute approximate surface area is 123 Å². The Kier molecular flexibility index (Phi) is 3.85. The number of hydrogen-bond acceptors (Lipinski definition) is 3. The Hall–Kier alpha value is -1.65. The first-order valence-corrected chi connectivity index (χ1v) is 7.81. The number of carbonyl (C=O) groups is 1. The van der Waals surface area contributed by atoms with Crippen molar-refractivity contribution in [3.05, 3.63) is 41.8 Å². The number of carbonyl (C=O) groups excluding carboxylic acids is 1. The first-order valence-electron chi connectivity index (χ1n) is 6.93. The van der Waals surface area contributed by atoms with E-state index in [-0.39, 0.29) is 17.9 Å². The number of rotatable bonds is 3. The fraction of sp³-hybridized carbons (Fsp3) is 0.312. The van der Waals surface area contributed by atoms with Gasteiger partial charge in [-0.05, 0) is 37.4 Å². The summed E-state index contributed by atoms with van der Waals surface area (Å²) in [7, 11) is 0. The molecule has 2 aromatic rings. The molecule has 2 atom stereocenters. The normalized spacial score (nSPS) is 21.9. The molecule has 1 aliphatic rings. The van der Waals surface area contributed by atoms with Crippen molar-refractivity contribution in [2.45, 2.75) is 19.4 Å². The molecule has 2 heterocycles. The highest BCUT2D eigenvalue weighted by atomic mass is 32.1. The number of benzene rings is 1. The number of hydrogen-bond donors (Lipinski definition) is 2. The largest absolute Gasteiger partial charge is 0.325 e. The SMILES string of the molecule is CC1NCCC1C(=O)Nc1ccccc1-c1cccs1. The summed E-state index contributed by atoms with van der Waals surface area (Å²) in [4.78, 5) is 13.6. The molecule has 1 aromatic carbocycles. The van der Waals surface area contributed by atoms with E-state index in [1.807, 2.05) is 24.3 Å². The molecule has 104 valence electrons. The van der Waals surface area contributed by atoms with Gasteiger partial charge in [-0.2, -0.15) is 0 Å². The predicted molar refractivity (Wildman–Crippen MR) is 84.0 cm³/mol. The number of amides is 1. The summed E-state index contributed by atoms with van der Waals surface area (Å²) < 4.78 is 0. The first kappa shape index (κ1) is 13.3. The summed E-state index contributed by atoms with van der Waals surface area (Å²) in [5, 5.41) is 8.47. The minimum atomic E-state index is 0.0615. The lowest BCUT2D eigenvalue weighted by Crippen LogP contribution is -2.32. The Morgan fingerprint density at radius 1 is 1.30 bits per heavy atom. The number of nitrogens with one attached hydrogen (secondary N) is 2. The van der Waals surface area contributed by atoms with E-state index in [0.717, 1.165) is 24.2 Å². The standard InChI is InChI=1S/C16H18N2OS/c1-11-12(8-9-17-11)16(19)18-14-6-3-2-5-13(14)15-7-4-10-20-15/h2-7,10-12,17H,8-9H2,1H3,(H,18,19). The number of thiophene rings is 1. The molecule has 1 aromatic heterocycles. The van der Waals surface area contributed by atoms with Crippen molar-refractivity contribution in [2.75, 3.05) is 11.9 Å².